The Kier molecular flexibility index (Phi) is 8.17. The number of sulfonamides is 1. The van der Waals surface area contributed by atoms with Gasteiger partial charge in [0.15, 0.2) is 0 Å². The van der Waals surface area contributed by atoms with Crippen LogP contribution in [0.3, 0.4) is 0 Å². The standard InChI is InChI=1S/C23H28FN3O5S/c1-16(2)21(23(29)25-15-17-6-8-19(24)9-7-17)26-22(28)18-4-3-5-20(14-18)33(30,31)27-10-12-32-13-11-27/h3-9,14,16,21H,10-13,15H2,1-2H3,(H,25,29)(H,26,28)/t21-/m1/s1. The van der Waals surface area contributed by atoms with E-state index in [4.69, 9.17) is 4.74 Å². The normalized spacial score (nSPS) is 15.8. The van der Waals surface area contributed by atoms with Gasteiger partial charge in [-0.15, -0.1) is 0 Å². The summed E-state index contributed by atoms with van der Waals surface area (Å²) in [6, 6.07) is 10.7. The minimum Gasteiger partial charge on any atom is -0.379 e. The van der Waals surface area contributed by atoms with Gasteiger partial charge in [0.25, 0.3) is 5.91 Å². The lowest BCUT2D eigenvalue weighted by Gasteiger charge is -2.26. The molecule has 1 aliphatic heterocycles. The number of rotatable bonds is 8. The highest BCUT2D eigenvalue weighted by Crippen LogP contribution is 2.19. The van der Waals surface area contributed by atoms with Crippen molar-refractivity contribution in [3.8, 4) is 0 Å². The number of nitrogens with one attached hydrogen (secondary N) is 2. The predicted molar refractivity (Wildman–Crippen MR) is 120 cm³/mol. The molecule has 0 saturated carbocycles. The summed E-state index contributed by atoms with van der Waals surface area (Å²) >= 11 is 0. The molecule has 1 heterocycles. The van der Waals surface area contributed by atoms with E-state index in [1.807, 2.05) is 0 Å². The molecule has 178 valence electrons. The Morgan fingerprint density at radius 3 is 2.39 bits per heavy atom. The first-order valence-corrected chi connectivity index (χ1v) is 12.1. The molecule has 1 atom stereocenters. The van der Waals surface area contributed by atoms with Gasteiger partial charge < -0.3 is 15.4 Å². The van der Waals surface area contributed by atoms with Crippen LogP contribution >= 0.6 is 0 Å². The molecule has 10 heteroatoms. The van der Waals surface area contributed by atoms with Crippen LogP contribution in [0.2, 0.25) is 0 Å². The molecule has 0 radical (unpaired) electrons. The van der Waals surface area contributed by atoms with E-state index in [1.165, 1.54) is 40.7 Å². The van der Waals surface area contributed by atoms with Gasteiger partial charge in [-0.1, -0.05) is 32.0 Å². The summed E-state index contributed by atoms with van der Waals surface area (Å²) in [6.07, 6.45) is 0. The molecule has 3 rings (SSSR count). The Hall–Kier alpha value is -2.82. The zero-order valence-electron chi connectivity index (χ0n) is 18.6. The van der Waals surface area contributed by atoms with Crippen LogP contribution < -0.4 is 10.6 Å². The van der Waals surface area contributed by atoms with E-state index < -0.39 is 22.0 Å². The Morgan fingerprint density at radius 2 is 1.76 bits per heavy atom. The molecule has 2 aromatic carbocycles. The molecular weight excluding hydrogens is 449 g/mol. The molecule has 2 N–H and O–H groups in total. The first kappa shape index (κ1) is 24.8. The number of halogens is 1. The van der Waals surface area contributed by atoms with E-state index >= 15 is 0 Å². The molecular formula is C23H28FN3O5S. The van der Waals surface area contributed by atoms with Gasteiger partial charge >= 0.3 is 0 Å². The van der Waals surface area contributed by atoms with E-state index in [9.17, 15) is 22.4 Å². The van der Waals surface area contributed by atoms with Gasteiger partial charge in [-0.3, -0.25) is 9.59 Å². The first-order chi connectivity index (χ1) is 15.7. The third-order valence-electron chi connectivity index (χ3n) is 5.32. The van der Waals surface area contributed by atoms with Crippen molar-refractivity contribution < 1.29 is 27.1 Å². The van der Waals surface area contributed by atoms with E-state index in [0.29, 0.717) is 13.2 Å². The highest BCUT2D eigenvalue weighted by Gasteiger charge is 2.28. The maximum Gasteiger partial charge on any atom is 0.251 e. The van der Waals surface area contributed by atoms with Crippen LogP contribution in [0.15, 0.2) is 53.4 Å². The zero-order valence-corrected chi connectivity index (χ0v) is 19.4. The third-order valence-corrected chi connectivity index (χ3v) is 7.21. The minimum atomic E-state index is -3.75. The highest BCUT2D eigenvalue weighted by molar-refractivity contribution is 7.89. The van der Waals surface area contributed by atoms with Gasteiger partial charge in [0, 0.05) is 25.2 Å². The van der Waals surface area contributed by atoms with Crippen LogP contribution in [-0.2, 0) is 26.1 Å². The molecule has 2 amide bonds. The number of morpholine rings is 1. The molecule has 8 nitrogen and oxygen atoms in total. The summed E-state index contributed by atoms with van der Waals surface area (Å²) in [5.74, 6) is -1.53. The average molecular weight is 478 g/mol. The molecule has 1 aliphatic rings. The number of amides is 2. The molecule has 1 saturated heterocycles. The summed E-state index contributed by atoms with van der Waals surface area (Å²) in [6.45, 7) is 4.92. The second-order valence-corrected chi connectivity index (χ2v) is 10.0. The lowest BCUT2D eigenvalue weighted by molar-refractivity contribution is -0.124. The Labute approximate surface area is 193 Å². The Balaban J connectivity index is 1.69. The second kappa shape index (κ2) is 10.9. The van der Waals surface area contributed by atoms with Crippen LogP contribution in [0.5, 0.6) is 0 Å². The van der Waals surface area contributed by atoms with Crippen molar-refractivity contribution in [2.75, 3.05) is 26.3 Å². The summed E-state index contributed by atoms with van der Waals surface area (Å²) in [7, 11) is -3.75. The topological polar surface area (TPSA) is 105 Å². The van der Waals surface area contributed by atoms with Gasteiger partial charge in [0.2, 0.25) is 15.9 Å². The van der Waals surface area contributed by atoms with Gasteiger partial charge in [0.1, 0.15) is 11.9 Å². The molecule has 0 spiro atoms. The van der Waals surface area contributed by atoms with Crippen molar-refractivity contribution in [3.63, 3.8) is 0 Å². The summed E-state index contributed by atoms with van der Waals surface area (Å²) in [5, 5.41) is 5.44. The smallest absolute Gasteiger partial charge is 0.251 e. The van der Waals surface area contributed by atoms with Crippen LogP contribution in [0.4, 0.5) is 4.39 Å². The van der Waals surface area contributed by atoms with Crippen molar-refractivity contribution in [2.24, 2.45) is 5.92 Å². The number of benzene rings is 2. The van der Waals surface area contributed by atoms with E-state index in [1.54, 1.807) is 26.0 Å². The summed E-state index contributed by atoms with van der Waals surface area (Å²) in [4.78, 5) is 25.6. The molecule has 0 aliphatic carbocycles. The highest BCUT2D eigenvalue weighted by atomic mass is 32.2. The maximum atomic E-state index is 13.1. The fourth-order valence-electron chi connectivity index (χ4n) is 3.39. The zero-order chi connectivity index (χ0) is 24.0. The molecule has 1 fully saturated rings. The quantitative estimate of drug-likeness (QED) is 0.605. The van der Waals surface area contributed by atoms with Crippen LogP contribution in [-0.4, -0.2) is 56.9 Å². The number of ether oxygens (including phenoxy) is 1. The maximum absolute atomic E-state index is 13.1. The van der Waals surface area contributed by atoms with Gasteiger partial charge in [-0.2, -0.15) is 4.31 Å². The van der Waals surface area contributed by atoms with Gasteiger partial charge in [-0.25, -0.2) is 12.8 Å². The third kappa shape index (κ3) is 6.37. The van der Waals surface area contributed by atoms with Gasteiger partial charge in [-0.05, 0) is 41.8 Å². The minimum absolute atomic E-state index is 0.0129. The van der Waals surface area contributed by atoms with Crippen molar-refractivity contribution in [1.82, 2.24) is 14.9 Å². The van der Waals surface area contributed by atoms with E-state index in [0.717, 1.165) is 5.56 Å². The molecule has 2 aromatic rings. The largest absolute Gasteiger partial charge is 0.379 e. The Bertz CT molecular complexity index is 1080. The summed E-state index contributed by atoms with van der Waals surface area (Å²) in [5.41, 5.74) is 0.862. The Morgan fingerprint density at radius 1 is 1.09 bits per heavy atom. The van der Waals surface area contributed by atoms with Crippen LogP contribution in [0, 0.1) is 11.7 Å². The van der Waals surface area contributed by atoms with E-state index in [-0.39, 0.29) is 47.7 Å². The van der Waals surface area contributed by atoms with Crippen molar-refractivity contribution >= 4 is 21.8 Å². The number of carbonyl (C=O) groups is 2. The fourth-order valence-corrected chi connectivity index (χ4v) is 4.85. The summed E-state index contributed by atoms with van der Waals surface area (Å²) < 4.78 is 45.4. The SMILES string of the molecule is CC(C)[C@@H](NC(=O)c1cccc(S(=O)(=O)N2CCOCC2)c1)C(=O)NCc1ccc(F)cc1. The molecule has 0 unspecified atom stereocenters. The van der Waals surface area contributed by atoms with E-state index in [2.05, 4.69) is 10.6 Å². The first-order valence-electron chi connectivity index (χ1n) is 10.7. The van der Waals surface area contributed by atoms with Crippen molar-refractivity contribution in [1.29, 1.82) is 0 Å². The molecule has 0 aromatic heterocycles. The van der Waals surface area contributed by atoms with Crippen LogP contribution in [0.25, 0.3) is 0 Å². The van der Waals surface area contributed by atoms with Gasteiger partial charge in [0.05, 0.1) is 18.1 Å². The lowest BCUT2D eigenvalue weighted by atomic mass is 10.0. The van der Waals surface area contributed by atoms with Crippen molar-refractivity contribution in [3.05, 3.63) is 65.5 Å². The number of nitrogens with zero attached hydrogens (tertiary/aromatic N) is 1. The number of carbonyl (C=O) groups excluding carboxylic acids is 2. The number of hydrogen-bond acceptors (Lipinski definition) is 5. The predicted octanol–water partition coefficient (Wildman–Crippen LogP) is 1.92. The molecule has 0 bridgehead atoms. The second-order valence-electron chi connectivity index (χ2n) is 8.08. The number of hydrogen-bond donors (Lipinski definition) is 2. The van der Waals surface area contributed by atoms with Crippen LogP contribution in [0.1, 0.15) is 29.8 Å². The molecule has 33 heavy (non-hydrogen) atoms. The average Bonchev–Trinajstić information content (AvgIpc) is 2.82. The fraction of sp³-hybridized carbons (Fsp3) is 0.391. The monoisotopic (exact) mass is 477 g/mol. The van der Waals surface area contributed by atoms with Crippen molar-refractivity contribution in [2.45, 2.75) is 31.3 Å². The lowest BCUT2D eigenvalue weighted by Crippen LogP contribution is -2.49.